The Hall–Kier alpha value is -3.32. The molecule has 0 fully saturated rings. The summed E-state index contributed by atoms with van der Waals surface area (Å²) in [4.78, 5) is 12.4. The Morgan fingerprint density at radius 1 is 0.931 bits per heavy atom. The Balaban J connectivity index is 1.59. The number of anilines is 1. The van der Waals surface area contributed by atoms with E-state index in [2.05, 4.69) is 16.2 Å². The number of nitrogens with one attached hydrogen (secondary N) is 3. The van der Waals surface area contributed by atoms with Crippen molar-refractivity contribution in [2.75, 3.05) is 5.32 Å². The molecule has 3 aromatic rings. The third kappa shape index (κ3) is 5.36. The van der Waals surface area contributed by atoms with Crippen molar-refractivity contribution in [3.63, 3.8) is 0 Å². The SMILES string of the molecule is CC(C(=O)NNC(=S)Nc1ccc(F)cc1)c1ccc(-c2ccccc2)c(F)c1. The lowest BCUT2D eigenvalue weighted by atomic mass is 9.96. The smallest absolute Gasteiger partial charge is 0.245 e. The molecule has 0 aliphatic heterocycles. The number of amides is 1. The van der Waals surface area contributed by atoms with Crippen LogP contribution in [0.1, 0.15) is 18.4 Å². The van der Waals surface area contributed by atoms with E-state index in [1.165, 1.54) is 30.3 Å². The number of rotatable bonds is 4. The molecule has 1 atom stereocenters. The topological polar surface area (TPSA) is 53.2 Å². The van der Waals surface area contributed by atoms with Gasteiger partial charge in [-0.3, -0.25) is 15.6 Å². The van der Waals surface area contributed by atoms with Crippen LogP contribution in [-0.2, 0) is 4.79 Å². The summed E-state index contributed by atoms with van der Waals surface area (Å²) < 4.78 is 27.5. The molecular weight excluding hydrogens is 392 g/mol. The Bertz CT molecular complexity index is 1010. The highest BCUT2D eigenvalue weighted by Gasteiger charge is 2.17. The van der Waals surface area contributed by atoms with Gasteiger partial charge < -0.3 is 5.32 Å². The van der Waals surface area contributed by atoms with Crippen molar-refractivity contribution in [2.24, 2.45) is 0 Å². The summed E-state index contributed by atoms with van der Waals surface area (Å²) >= 11 is 5.09. The molecule has 148 valence electrons. The molecule has 0 saturated heterocycles. The van der Waals surface area contributed by atoms with E-state index in [1.807, 2.05) is 30.3 Å². The average Bonchev–Trinajstić information content (AvgIpc) is 2.73. The lowest BCUT2D eigenvalue weighted by molar-refractivity contribution is -0.122. The Morgan fingerprint density at radius 3 is 2.28 bits per heavy atom. The number of thiocarbonyl (C=S) groups is 1. The molecule has 1 unspecified atom stereocenters. The van der Waals surface area contributed by atoms with Crippen LogP contribution in [0.3, 0.4) is 0 Å². The summed E-state index contributed by atoms with van der Waals surface area (Å²) in [6.07, 6.45) is 0. The van der Waals surface area contributed by atoms with Gasteiger partial charge in [-0.2, -0.15) is 0 Å². The normalized spacial score (nSPS) is 11.4. The van der Waals surface area contributed by atoms with Crippen molar-refractivity contribution in [1.29, 1.82) is 0 Å². The highest BCUT2D eigenvalue weighted by molar-refractivity contribution is 7.80. The summed E-state index contributed by atoms with van der Waals surface area (Å²) in [5, 5.41) is 2.96. The quantitative estimate of drug-likeness (QED) is 0.428. The van der Waals surface area contributed by atoms with E-state index in [4.69, 9.17) is 12.2 Å². The van der Waals surface area contributed by atoms with Crippen LogP contribution in [-0.4, -0.2) is 11.0 Å². The fourth-order valence-corrected chi connectivity index (χ4v) is 2.89. The fourth-order valence-electron chi connectivity index (χ4n) is 2.73. The van der Waals surface area contributed by atoms with Gasteiger partial charge in [0.15, 0.2) is 5.11 Å². The van der Waals surface area contributed by atoms with E-state index in [9.17, 15) is 13.6 Å². The third-order valence-corrected chi connectivity index (χ3v) is 4.58. The molecule has 7 heteroatoms. The van der Waals surface area contributed by atoms with E-state index in [0.29, 0.717) is 16.8 Å². The summed E-state index contributed by atoms with van der Waals surface area (Å²) in [6, 6.07) is 19.6. The molecular formula is C22H19F2N3OS. The summed E-state index contributed by atoms with van der Waals surface area (Å²) in [6.45, 7) is 1.67. The molecule has 0 saturated carbocycles. The second-order valence-electron chi connectivity index (χ2n) is 6.40. The predicted octanol–water partition coefficient (Wildman–Crippen LogP) is 4.75. The molecule has 0 radical (unpaired) electrons. The zero-order valence-corrected chi connectivity index (χ0v) is 16.4. The maximum atomic E-state index is 14.5. The standard InChI is InChI=1S/C22H19F2N3OS/c1-14(16-7-12-19(20(24)13-16)15-5-3-2-4-6-15)21(28)26-27-22(29)25-18-10-8-17(23)9-11-18/h2-14H,1H3,(H,26,28)(H2,25,27,29). The largest absolute Gasteiger partial charge is 0.331 e. The molecule has 3 N–H and O–H groups in total. The van der Waals surface area contributed by atoms with E-state index in [1.54, 1.807) is 19.1 Å². The first-order valence-corrected chi connectivity index (χ1v) is 9.32. The highest BCUT2D eigenvalue weighted by Crippen LogP contribution is 2.26. The molecule has 3 rings (SSSR count). The Kier molecular flexibility index (Phi) is 6.51. The van der Waals surface area contributed by atoms with Crippen molar-refractivity contribution >= 4 is 28.9 Å². The summed E-state index contributed by atoms with van der Waals surface area (Å²) in [7, 11) is 0. The third-order valence-electron chi connectivity index (χ3n) is 4.37. The first-order valence-electron chi connectivity index (χ1n) is 8.91. The number of halogens is 2. The second-order valence-corrected chi connectivity index (χ2v) is 6.81. The van der Waals surface area contributed by atoms with Gasteiger partial charge in [-0.05, 0) is 60.6 Å². The number of hydrogen-bond donors (Lipinski definition) is 3. The molecule has 3 aromatic carbocycles. The van der Waals surface area contributed by atoms with E-state index in [0.717, 1.165) is 5.56 Å². The molecule has 0 aliphatic carbocycles. The van der Waals surface area contributed by atoms with Crippen molar-refractivity contribution < 1.29 is 13.6 Å². The Labute approximate surface area is 172 Å². The summed E-state index contributed by atoms with van der Waals surface area (Å²) in [5.41, 5.74) is 7.43. The number of carbonyl (C=O) groups is 1. The number of carbonyl (C=O) groups excluding carboxylic acids is 1. The average molecular weight is 411 g/mol. The Morgan fingerprint density at radius 2 is 1.62 bits per heavy atom. The monoisotopic (exact) mass is 411 g/mol. The van der Waals surface area contributed by atoms with E-state index in [-0.39, 0.29) is 16.8 Å². The minimum Gasteiger partial charge on any atom is -0.331 e. The van der Waals surface area contributed by atoms with Gasteiger partial charge in [0.2, 0.25) is 5.91 Å². The van der Waals surface area contributed by atoms with Gasteiger partial charge in [0.1, 0.15) is 11.6 Å². The molecule has 0 aliphatic rings. The number of hydrogen-bond acceptors (Lipinski definition) is 2. The van der Waals surface area contributed by atoms with Crippen LogP contribution in [0.2, 0.25) is 0 Å². The summed E-state index contributed by atoms with van der Waals surface area (Å²) in [5.74, 6) is -1.73. The lowest BCUT2D eigenvalue weighted by Gasteiger charge is -2.16. The van der Waals surface area contributed by atoms with Crippen LogP contribution < -0.4 is 16.2 Å². The molecule has 0 spiro atoms. The number of hydrazine groups is 1. The highest BCUT2D eigenvalue weighted by atomic mass is 32.1. The van der Waals surface area contributed by atoms with Gasteiger partial charge in [-0.15, -0.1) is 0 Å². The van der Waals surface area contributed by atoms with Gasteiger partial charge in [0.05, 0.1) is 5.92 Å². The number of benzene rings is 3. The maximum Gasteiger partial charge on any atom is 0.245 e. The zero-order chi connectivity index (χ0) is 20.8. The van der Waals surface area contributed by atoms with Gasteiger partial charge in [-0.25, -0.2) is 8.78 Å². The van der Waals surface area contributed by atoms with Crippen molar-refractivity contribution in [3.05, 3.63) is 90.0 Å². The zero-order valence-electron chi connectivity index (χ0n) is 15.6. The first kappa shape index (κ1) is 20.4. The van der Waals surface area contributed by atoms with Crippen molar-refractivity contribution in [2.45, 2.75) is 12.8 Å². The molecule has 0 heterocycles. The predicted molar refractivity (Wildman–Crippen MR) is 114 cm³/mol. The minimum absolute atomic E-state index is 0.141. The van der Waals surface area contributed by atoms with Crippen LogP contribution in [0.15, 0.2) is 72.8 Å². The van der Waals surface area contributed by atoms with Gasteiger partial charge in [0.25, 0.3) is 0 Å². The molecule has 1 amide bonds. The molecule has 0 aromatic heterocycles. The van der Waals surface area contributed by atoms with Crippen LogP contribution in [0.5, 0.6) is 0 Å². The van der Waals surface area contributed by atoms with Crippen molar-refractivity contribution in [3.8, 4) is 11.1 Å². The maximum absolute atomic E-state index is 14.5. The molecule has 0 bridgehead atoms. The van der Waals surface area contributed by atoms with Crippen LogP contribution in [0, 0.1) is 11.6 Å². The van der Waals surface area contributed by atoms with E-state index < -0.39 is 11.7 Å². The lowest BCUT2D eigenvalue weighted by Crippen LogP contribution is -2.45. The van der Waals surface area contributed by atoms with Crippen molar-refractivity contribution in [1.82, 2.24) is 10.9 Å². The van der Waals surface area contributed by atoms with Crippen LogP contribution in [0.4, 0.5) is 14.5 Å². The van der Waals surface area contributed by atoms with Crippen LogP contribution >= 0.6 is 12.2 Å². The second kappa shape index (κ2) is 9.25. The van der Waals surface area contributed by atoms with E-state index >= 15 is 0 Å². The van der Waals surface area contributed by atoms with Gasteiger partial charge in [-0.1, -0.05) is 42.5 Å². The van der Waals surface area contributed by atoms with Crippen LogP contribution in [0.25, 0.3) is 11.1 Å². The first-order chi connectivity index (χ1) is 13.9. The minimum atomic E-state index is -0.601. The van der Waals surface area contributed by atoms with Gasteiger partial charge >= 0.3 is 0 Å². The fraction of sp³-hybridized carbons (Fsp3) is 0.0909. The molecule has 4 nitrogen and oxygen atoms in total. The van der Waals surface area contributed by atoms with Gasteiger partial charge in [0, 0.05) is 11.3 Å². The molecule has 29 heavy (non-hydrogen) atoms.